The molecule has 4 nitrogen and oxygen atoms in total. The number of rotatable bonds is 0. The lowest BCUT2D eigenvalue weighted by Gasteiger charge is -2.29. The summed E-state index contributed by atoms with van der Waals surface area (Å²) in [5.41, 5.74) is 0.769. The summed E-state index contributed by atoms with van der Waals surface area (Å²) < 4.78 is 28.6. The monoisotopic (exact) mass is 259 g/mol. The van der Waals surface area contributed by atoms with Crippen molar-refractivity contribution in [2.24, 2.45) is 0 Å². The first-order valence-electron chi connectivity index (χ1n) is 4.97. The highest BCUT2D eigenvalue weighted by Gasteiger charge is 2.42. The standard InChI is InChI=1S/C10H10ClNO3S/c11-6-2-1-3-7-10(6)15-9-5-16(13,14)4-8(9)12-7/h1-3,8-9,12H,4-5H2. The van der Waals surface area contributed by atoms with Gasteiger partial charge in [-0.25, -0.2) is 8.42 Å². The fourth-order valence-electron chi connectivity index (χ4n) is 2.16. The Morgan fingerprint density at radius 2 is 2.19 bits per heavy atom. The maximum atomic E-state index is 11.5. The molecule has 1 aromatic carbocycles. The zero-order chi connectivity index (χ0) is 11.3. The van der Waals surface area contributed by atoms with Crippen molar-refractivity contribution in [2.75, 3.05) is 16.8 Å². The number of hydrogen-bond donors (Lipinski definition) is 1. The first-order chi connectivity index (χ1) is 7.55. The van der Waals surface area contributed by atoms with E-state index >= 15 is 0 Å². The van der Waals surface area contributed by atoms with Gasteiger partial charge in [-0.1, -0.05) is 17.7 Å². The summed E-state index contributed by atoms with van der Waals surface area (Å²) in [7, 11) is -2.99. The van der Waals surface area contributed by atoms with E-state index in [1.165, 1.54) is 0 Å². The highest BCUT2D eigenvalue weighted by molar-refractivity contribution is 7.91. The fourth-order valence-corrected chi connectivity index (χ4v) is 4.16. The predicted molar refractivity (Wildman–Crippen MR) is 61.9 cm³/mol. The smallest absolute Gasteiger partial charge is 0.161 e. The van der Waals surface area contributed by atoms with Gasteiger partial charge in [0.05, 0.1) is 28.3 Å². The number of nitrogens with one attached hydrogen (secondary N) is 1. The van der Waals surface area contributed by atoms with E-state index in [4.69, 9.17) is 16.3 Å². The van der Waals surface area contributed by atoms with Gasteiger partial charge < -0.3 is 10.1 Å². The van der Waals surface area contributed by atoms with Gasteiger partial charge in [0.2, 0.25) is 0 Å². The largest absolute Gasteiger partial charge is 0.483 e. The van der Waals surface area contributed by atoms with Crippen LogP contribution in [-0.2, 0) is 9.84 Å². The van der Waals surface area contributed by atoms with Crippen LogP contribution in [0.4, 0.5) is 5.69 Å². The molecule has 0 amide bonds. The molecule has 2 aliphatic heterocycles. The Morgan fingerprint density at radius 3 is 3.00 bits per heavy atom. The van der Waals surface area contributed by atoms with E-state index in [0.717, 1.165) is 5.69 Å². The van der Waals surface area contributed by atoms with E-state index in [1.54, 1.807) is 12.1 Å². The number of hydrogen-bond acceptors (Lipinski definition) is 4. The Kier molecular flexibility index (Phi) is 2.09. The van der Waals surface area contributed by atoms with Gasteiger partial charge >= 0.3 is 0 Å². The van der Waals surface area contributed by atoms with Gasteiger partial charge in [-0.15, -0.1) is 0 Å². The molecule has 1 N–H and O–H groups in total. The van der Waals surface area contributed by atoms with E-state index in [9.17, 15) is 8.42 Å². The van der Waals surface area contributed by atoms with Crippen LogP contribution in [-0.4, -0.2) is 32.1 Å². The quantitative estimate of drug-likeness (QED) is 0.763. The van der Waals surface area contributed by atoms with Gasteiger partial charge in [0.15, 0.2) is 15.6 Å². The van der Waals surface area contributed by atoms with Crippen LogP contribution in [0.1, 0.15) is 0 Å². The average molecular weight is 260 g/mol. The van der Waals surface area contributed by atoms with E-state index in [-0.39, 0.29) is 23.7 Å². The minimum atomic E-state index is -2.99. The molecule has 1 fully saturated rings. The van der Waals surface area contributed by atoms with Crippen molar-refractivity contribution in [3.63, 3.8) is 0 Å². The average Bonchev–Trinajstić information content (AvgIpc) is 2.48. The molecule has 2 aliphatic rings. The summed E-state index contributed by atoms with van der Waals surface area (Å²) >= 11 is 5.99. The van der Waals surface area contributed by atoms with Crippen molar-refractivity contribution < 1.29 is 13.2 Å². The van der Waals surface area contributed by atoms with Gasteiger partial charge in [0.25, 0.3) is 0 Å². The fraction of sp³-hybridized carbons (Fsp3) is 0.400. The number of ether oxygens (including phenoxy) is 1. The molecule has 2 heterocycles. The molecule has 16 heavy (non-hydrogen) atoms. The first kappa shape index (κ1) is 10.2. The van der Waals surface area contributed by atoms with Crippen molar-refractivity contribution in [2.45, 2.75) is 12.1 Å². The minimum Gasteiger partial charge on any atom is -0.483 e. The van der Waals surface area contributed by atoms with Crippen molar-refractivity contribution in [3.8, 4) is 5.75 Å². The van der Waals surface area contributed by atoms with Crippen molar-refractivity contribution in [1.82, 2.24) is 0 Å². The van der Waals surface area contributed by atoms with Crippen molar-refractivity contribution in [3.05, 3.63) is 23.2 Å². The van der Waals surface area contributed by atoms with E-state index in [2.05, 4.69) is 5.32 Å². The second-order valence-corrected chi connectivity index (χ2v) is 6.66. The molecule has 1 saturated heterocycles. The number of para-hydroxylation sites is 1. The van der Waals surface area contributed by atoms with Crippen LogP contribution in [0, 0.1) is 0 Å². The number of benzene rings is 1. The lowest BCUT2D eigenvalue weighted by atomic mass is 10.1. The zero-order valence-electron chi connectivity index (χ0n) is 8.31. The summed E-state index contributed by atoms with van der Waals surface area (Å²) in [4.78, 5) is 0. The molecular weight excluding hydrogens is 250 g/mol. The van der Waals surface area contributed by atoms with Crippen LogP contribution >= 0.6 is 11.6 Å². The Morgan fingerprint density at radius 1 is 1.38 bits per heavy atom. The maximum absolute atomic E-state index is 11.5. The molecule has 0 spiro atoms. The molecule has 3 rings (SSSR count). The van der Waals surface area contributed by atoms with Gasteiger partial charge in [-0.3, -0.25) is 0 Å². The van der Waals surface area contributed by atoms with E-state index in [0.29, 0.717) is 10.8 Å². The third-order valence-electron chi connectivity index (χ3n) is 2.88. The van der Waals surface area contributed by atoms with E-state index < -0.39 is 9.84 Å². The Bertz CT molecular complexity index is 543. The lowest BCUT2D eigenvalue weighted by Crippen LogP contribution is -2.40. The normalized spacial score (nSPS) is 29.8. The molecule has 2 atom stereocenters. The topological polar surface area (TPSA) is 55.4 Å². The Labute approximate surface area is 98.5 Å². The van der Waals surface area contributed by atoms with Crippen LogP contribution in [0.2, 0.25) is 5.02 Å². The van der Waals surface area contributed by atoms with Crippen LogP contribution < -0.4 is 10.1 Å². The molecule has 0 aromatic heterocycles. The summed E-state index contributed by atoms with van der Waals surface area (Å²) in [6.45, 7) is 0. The van der Waals surface area contributed by atoms with Gasteiger partial charge in [0, 0.05) is 0 Å². The maximum Gasteiger partial charge on any atom is 0.161 e. The minimum absolute atomic E-state index is 0.0648. The van der Waals surface area contributed by atoms with Crippen LogP contribution in [0.15, 0.2) is 18.2 Å². The highest BCUT2D eigenvalue weighted by atomic mass is 35.5. The second-order valence-electron chi connectivity index (χ2n) is 4.10. The third-order valence-corrected chi connectivity index (χ3v) is 4.88. The van der Waals surface area contributed by atoms with Gasteiger partial charge in [-0.05, 0) is 12.1 Å². The number of sulfone groups is 1. The van der Waals surface area contributed by atoms with Crippen LogP contribution in [0.25, 0.3) is 0 Å². The third kappa shape index (κ3) is 1.55. The molecule has 0 bridgehead atoms. The number of halogens is 1. The Hall–Kier alpha value is -0.940. The number of fused-ring (bicyclic) bond motifs is 2. The van der Waals surface area contributed by atoms with Gasteiger partial charge in [0.1, 0.15) is 6.10 Å². The SMILES string of the molecule is O=S1(=O)CC2Nc3cccc(Cl)c3OC2C1. The second kappa shape index (κ2) is 3.28. The van der Waals surface area contributed by atoms with Crippen LogP contribution in [0.3, 0.4) is 0 Å². The summed E-state index contributed by atoms with van der Waals surface area (Å²) in [5.74, 6) is 0.751. The van der Waals surface area contributed by atoms with Gasteiger partial charge in [-0.2, -0.15) is 0 Å². The first-order valence-corrected chi connectivity index (χ1v) is 7.17. The lowest BCUT2D eigenvalue weighted by molar-refractivity contribution is 0.206. The van der Waals surface area contributed by atoms with E-state index in [1.807, 2.05) is 6.07 Å². The highest BCUT2D eigenvalue weighted by Crippen LogP contribution is 2.39. The predicted octanol–water partition coefficient (Wildman–Crippen LogP) is 1.31. The molecule has 0 saturated carbocycles. The Balaban J connectivity index is 2.00. The molecular formula is C10H10ClNO3S. The summed E-state index contributed by atoms with van der Waals surface area (Å²) in [6, 6.07) is 5.21. The molecule has 6 heteroatoms. The molecule has 0 radical (unpaired) electrons. The van der Waals surface area contributed by atoms with Crippen LogP contribution in [0.5, 0.6) is 5.75 Å². The van der Waals surface area contributed by atoms with Crippen molar-refractivity contribution >= 4 is 27.1 Å². The number of anilines is 1. The molecule has 2 unspecified atom stereocenters. The zero-order valence-corrected chi connectivity index (χ0v) is 9.88. The van der Waals surface area contributed by atoms with Crippen molar-refractivity contribution in [1.29, 1.82) is 0 Å². The molecule has 1 aromatic rings. The molecule has 0 aliphatic carbocycles. The summed E-state index contributed by atoms with van der Waals surface area (Å²) in [6.07, 6.45) is -0.322. The molecule has 86 valence electrons. The summed E-state index contributed by atoms with van der Waals surface area (Å²) in [5, 5.41) is 3.67.